The first-order valence-electron chi connectivity index (χ1n) is 6.90. The van der Waals surface area contributed by atoms with Crippen molar-refractivity contribution in [2.24, 2.45) is 5.73 Å². The Bertz CT molecular complexity index is 566. The third-order valence-electron chi connectivity index (χ3n) is 3.46. The average molecular weight is 271 g/mol. The molecule has 2 N–H and O–H groups in total. The van der Waals surface area contributed by atoms with Crippen LogP contribution >= 0.6 is 0 Å². The third-order valence-corrected chi connectivity index (χ3v) is 3.46. The van der Waals surface area contributed by atoms with Crippen molar-refractivity contribution in [1.82, 2.24) is 9.97 Å². The van der Waals surface area contributed by atoms with Gasteiger partial charge in [0.15, 0.2) is 0 Å². The number of hydrogen-bond acceptors (Lipinski definition) is 4. The highest BCUT2D eigenvalue weighted by Crippen LogP contribution is 2.24. The predicted molar refractivity (Wildman–Crippen MR) is 80.0 cm³/mol. The van der Waals surface area contributed by atoms with Crippen molar-refractivity contribution in [2.75, 3.05) is 0 Å². The van der Waals surface area contributed by atoms with Gasteiger partial charge in [0.1, 0.15) is 5.75 Å². The first-order chi connectivity index (χ1) is 9.60. The van der Waals surface area contributed by atoms with Gasteiger partial charge in [-0.2, -0.15) is 0 Å². The summed E-state index contributed by atoms with van der Waals surface area (Å²) in [4.78, 5) is 8.49. The van der Waals surface area contributed by atoms with Gasteiger partial charge in [0, 0.05) is 18.4 Å². The van der Waals surface area contributed by atoms with Gasteiger partial charge in [0.25, 0.3) is 0 Å². The first-order valence-corrected chi connectivity index (χ1v) is 6.90. The highest BCUT2D eigenvalue weighted by molar-refractivity contribution is 5.39. The number of aryl methyl sites for hydroxylation is 1. The van der Waals surface area contributed by atoms with E-state index in [0.29, 0.717) is 6.01 Å². The fourth-order valence-electron chi connectivity index (χ4n) is 1.88. The molecule has 0 saturated carbocycles. The number of ether oxygens (including phenoxy) is 1. The summed E-state index contributed by atoms with van der Waals surface area (Å²) >= 11 is 0. The van der Waals surface area contributed by atoms with Crippen molar-refractivity contribution >= 4 is 0 Å². The lowest BCUT2D eigenvalue weighted by Crippen LogP contribution is -2.21. The molecule has 0 radical (unpaired) electrons. The lowest BCUT2D eigenvalue weighted by Gasteiger charge is -2.10. The van der Waals surface area contributed by atoms with Gasteiger partial charge in [-0.1, -0.05) is 19.1 Å². The second-order valence-electron chi connectivity index (χ2n) is 5.05. The quantitative estimate of drug-likeness (QED) is 0.907. The van der Waals surface area contributed by atoms with Crippen LogP contribution in [-0.2, 0) is 6.42 Å². The Kier molecular flexibility index (Phi) is 4.69. The largest absolute Gasteiger partial charge is 0.424 e. The smallest absolute Gasteiger partial charge is 0.321 e. The molecule has 0 aliphatic heterocycles. The van der Waals surface area contributed by atoms with Crippen molar-refractivity contribution in [3.05, 3.63) is 47.3 Å². The molecule has 4 nitrogen and oxygen atoms in total. The van der Waals surface area contributed by atoms with Gasteiger partial charge in [0.05, 0.1) is 0 Å². The fraction of sp³-hybridized carbons (Fsp3) is 0.375. The van der Waals surface area contributed by atoms with Crippen LogP contribution in [0.3, 0.4) is 0 Å². The zero-order valence-corrected chi connectivity index (χ0v) is 12.3. The van der Waals surface area contributed by atoms with E-state index < -0.39 is 0 Å². The van der Waals surface area contributed by atoms with E-state index >= 15 is 0 Å². The van der Waals surface area contributed by atoms with E-state index in [1.54, 1.807) is 12.4 Å². The summed E-state index contributed by atoms with van der Waals surface area (Å²) in [5, 5.41) is 0. The minimum absolute atomic E-state index is 0.157. The topological polar surface area (TPSA) is 61.0 Å². The molecule has 0 bridgehead atoms. The van der Waals surface area contributed by atoms with Crippen molar-refractivity contribution in [3.8, 4) is 11.8 Å². The van der Waals surface area contributed by atoms with Crippen molar-refractivity contribution in [3.63, 3.8) is 0 Å². The molecule has 0 fully saturated rings. The second-order valence-corrected chi connectivity index (χ2v) is 5.05. The Hall–Kier alpha value is -1.94. The molecule has 1 aromatic heterocycles. The molecule has 0 aliphatic carbocycles. The molecule has 0 spiro atoms. The van der Waals surface area contributed by atoms with Gasteiger partial charge in [-0.05, 0) is 49.4 Å². The van der Waals surface area contributed by atoms with Gasteiger partial charge in [-0.15, -0.1) is 0 Å². The minimum Gasteiger partial charge on any atom is -0.424 e. The van der Waals surface area contributed by atoms with Crippen LogP contribution in [0.2, 0.25) is 0 Å². The summed E-state index contributed by atoms with van der Waals surface area (Å²) in [6.45, 7) is 6.15. The van der Waals surface area contributed by atoms with E-state index in [-0.39, 0.29) is 6.04 Å². The summed E-state index contributed by atoms with van der Waals surface area (Å²) in [6, 6.07) is 6.47. The number of nitrogens with two attached hydrogens (primary N) is 1. The molecule has 0 saturated heterocycles. The highest BCUT2D eigenvalue weighted by Gasteiger charge is 2.07. The Balaban J connectivity index is 2.09. The number of hydrogen-bond donors (Lipinski definition) is 1. The molecule has 0 aliphatic rings. The lowest BCUT2D eigenvalue weighted by molar-refractivity contribution is 0.437. The lowest BCUT2D eigenvalue weighted by atomic mass is 10.1. The van der Waals surface area contributed by atoms with Crippen LogP contribution in [0, 0.1) is 13.8 Å². The Morgan fingerprint density at radius 2 is 1.90 bits per heavy atom. The van der Waals surface area contributed by atoms with Crippen molar-refractivity contribution in [1.29, 1.82) is 0 Å². The summed E-state index contributed by atoms with van der Waals surface area (Å²) in [5.41, 5.74) is 9.24. The number of rotatable bonds is 5. The predicted octanol–water partition coefficient (Wildman–Crippen LogP) is 3.17. The van der Waals surface area contributed by atoms with Crippen LogP contribution in [-0.4, -0.2) is 16.0 Å². The maximum absolute atomic E-state index is 5.92. The maximum atomic E-state index is 5.92. The Labute approximate surface area is 120 Å². The third kappa shape index (κ3) is 3.54. The summed E-state index contributed by atoms with van der Waals surface area (Å²) in [5.74, 6) is 0.794. The zero-order valence-electron chi connectivity index (χ0n) is 12.3. The molecule has 0 amide bonds. The van der Waals surface area contributed by atoms with E-state index in [9.17, 15) is 0 Å². The van der Waals surface area contributed by atoms with Crippen LogP contribution in [0.1, 0.15) is 30.0 Å². The number of benzene rings is 1. The van der Waals surface area contributed by atoms with E-state index in [1.165, 1.54) is 5.56 Å². The normalized spacial score (nSPS) is 12.2. The molecule has 2 rings (SSSR count). The monoisotopic (exact) mass is 271 g/mol. The number of nitrogens with zero attached hydrogens (tertiary/aromatic N) is 2. The molecule has 106 valence electrons. The zero-order chi connectivity index (χ0) is 14.5. The Morgan fingerprint density at radius 3 is 2.55 bits per heavy atom. The second kappa shape index (κ2) is 6.48. The Morgan fingerprint density at radius 1 is 1.20 bits per heavy atom. The van der Waals surface area contributed by atoms with Crippen LogP contribution in [0.4, 0.5) is 0 Å². The summed E-state index contributed by atoms with van der Waals surface area (Å²) in [6.07, 6.45) is 5.30. The van der Waals surface area contributed by atoms with Crippen molar-refractivity contribution in [2.45, 2.75) is 39.7 Å². The van der Waals surface area contributed by atoms with Gasteiger partial charge in [-0.3, -0.25) is 0 Å². The van der Waals surface area contributed by atoms with E-state index in [0.717, 1.165) is 29.7 Å². The molecule has 1 unspecified atom stereocenters. The average Bonchev–Trinajstić information content (AvgIpc) is 2.46. The van der Waals surface area contributed by atoms with Gasteiger partial charge >= 0.3 is 6.01 Å². The molecule has 20 heavy (non-hydrogen) atoms. The fourth-order valence-corrected chi connectivity index (χ4v) is 1.88. The first kappa shape index (κ1) is 14.5. The molecular formula is C16H21N3O. The summed E-state index contributed by atoms with van der Waals surface area (Å²) < 4.78 is 5.72. The van der Waals surface area contributed by atoms with Crippen LogP contribution in [0.15, 0.2) is 30.6 Å². The van der Waals surface area contributed by atoms with Gasteiger partial charge < -0.3 is 10.5 Å². The van der Waals surface area contributed by atoms with E-state index in [4.69, 9.17) is 10.5 Å². The minimum atomic E-state index is 0.157. The van der Waals surface area contributed by atoms with E-state index in [1.807, 2.05) is 19.1 Å². The van der Waals surface area contributed by atoms with E-state index in [2.05, 4.69) is 29.9 Å². The molecule has 4 heteroatoms. The molecule has 1 atom stereocenters. The number of aromatic nitrogens is 2. The van der Waals surface area contributed by atoms with Crippen LogP contribution in [0.5, 0.6) is 11.8 Å². The van der Waals surface area contributed by atoms with Crippen LogP contribution < -0.4 is 10.5 Å². The molecule has 2 aromatic rings. The SMILES string of the molecule is CCC(N)Cc1cnc(Oc2cccc(C)c2C)nc1. The van der Waals surface area contributed by atoms with Crippen LogP contribution in [0.25, 0.3) is 0 Å². The standard InChI is InChI=1S/C16H21N3O/c1-4-14(17)8-13-9-18-16(19-10-13)20-15-7-5-6-11(2)12(15)3/h5-7,9-10,14H,4,8,17H2,1-3H3. The molecular weight excluding hydrogens is 250 g/mol. The van der Waals surface area contributed by atoms with Gasteiger partial charge in [0.2, 0.25) is 0 Å². The highest BCUT2D eigenvalue weighted by atomic mass is 16.5. The van der Waals surface area contributed by atoms with Crippen molar-refractivity contribution < 1.29 is 4.74 Å². The maximum Gasteiger partial charge on any atom is 0.321 e. The molecule has 1 heterocycles. The summed E-state index contributed by atoms with van der Waals surface area (Å²) in [7, 11) is 0. The molecule has 1 aromatic carbocycles. The van der Waals surface area contributed by atoms with Gasteiger partial charge in [-0.25, -0.2) is 9.97 Å².